The summed E-state index contributed by atoms with van der Waals surface area (Å²) in [5, 5.41) is 0.942. The van der Waals surface area contributed by atoms with Crippen LogP contribution in [0.15, 0.2) is 18.2 Å². The first-order valence-electron chi connectivity index (χ1n) is 5.14. The van der Waals surface area contributed by atoms with Crippen molar-refractivity contribution in [2.24, 2.45) is 12.8 Å². The van der Waals surface area contributed by atoms with E-state index in [0.29, 0.717) is 6.54 Å². The number of rotatable bonds is 2. The fourth-order valence-electron chi connectivity index (χ4n) is 2.22. The molecule has 0 bridgehead atoms. The molecule has 0 unspecified atom stereocenters. The Labute approximate surface area is 88.5 Å². The largest absolute Gasteiger partial charge is 0.347 e. The molecule has 1 heterocycles. The summed E-state index contributed by atoms with van der Waals surface area (Å²) in [7, 11) is 2.00. The van der Waals surface area contributed by atoms with Gasteiger partial charge in [0, 0.05) is 30.2 Å². The van der Waals surface area contributed by atoms with Gasteiger partial charge in [-0.3, -0.25) is 0 Å². The highest BCUT2D eigenvalue weighted by atomic mass is 19.1. The van der Waals surface area contributed by atoms with Crippen LogP contribution in [0, 0.1) is 5.82 Å². The molecule has 1 aromatic carbocycles. The van der Waals surface area contributed by atoms with Gasteiger partial charge in [0.2, 0.25) is 0 Å². The minimum atomic E-state index is -0.203. The third kappa shape index (κ3) is 1.43. The molecule has 15 heavy (non-hydrogen) atoms. The van der Waals surface area contributed by atoms with E-state index in [1.165, 1.54) is 11.8 Å². The highest BCUT2D eigenvalue weighted by molar-refractivity contribution is 5.85. The van der Waals surface area contributed by atoms with E-state index in [1.54, 1.807) is 6.07 Å². The average molecular weight is 206 g/mol. The summed E-state index contributed by atoms with van der Waals surface area (Å²) < 4.78 is 15.2. The molecule has 0 amide bonds. The van der Waals surface area contributed by atoms with Crippen LogP contribution in [-0.4, -0.2) is 4.57 Å². The normalized spacial score (nSPS) is 11.2. The lowest BCUT2D eigenvalue weighted by molar-refractivity contribution is 0.629. The number of hydrogen-bond acceptors (Lipinski definition) is 1. The van der Waals surface area contributed by atoms with Gasteiger partial charge in [-0.05, 0) is 30.2 Å². The summed E-state index contributed by atoms with van der Waals surface area (Å²) in [6, 6.07) is 4.86. The predicted molar refractivity (Wildman–Crippen MR) is 60.1 cm³/mol. The Balaban J connectivity index is 2.85. The van der Waals surface area contributed by atoms with Gasteiger partial charge in [-0.1, -0.05) is 6.92 Å². The molecule has 0 atom stereocenters. The van der Waals surface area contributed by atoms with Crippen molar-refractivity contribution in [2.75, 3.05) is 0 Å². The van der Waals surface area contributed by atoms with Crippen molar-refractivity contribution in [3.63, 3.8) is 0 Å². The summed E-state index contributed by atoms with van der Waals surface area (Å²) in [6.45, 7) is 2.55. The van der Waals surface area contributed by atoms with Gasteiger partial charge in [0.15, 0.2) is 0 Å². The molecule has 2 nitrogen and oxygen atoms in total. The molecule has 1 aromatic heterocycles. The quantitative estimate of drug-likeness (QED) is 0.803. The maximum Gasteiger partial charge on any atom is 0.123 e. The highest BCUT2D eigenvalue weighted by Crippen LogP contribution is 2.26. The molecule has 0 aliphatic rings. The van der Waals surface area contributed by atoms with Crippen LogP contribution in [0.2, 0.25) is 0 Å². The molecular formula is C12H15FN2. The Bertz CT molecular complexity index is 500. The molecule has 0 spiro atoms. The van der Waals surface area contributed by atoms with E-state index >= 15 is 0 Å². The van der Waals surface area contributed by atoms with Crippen LogP contribution >= 0.6 is 0 Å². The van der Waals surface area contributed by atoms with Crippen LogP contribution in [0.25, 0.3) is 10.9 Å². The van der Waals surface area contributed by atoms with Gasteiger partial charge in [-0.2, -0.15) is 0 Å². The number of benzene rings is 1. The maximum absolute atomic E-state index is 13.1. The van der Waals surface area contributed by atoms with E-state index in [0.717, 1.165) is 22.9 Å². The van der Waals surface area contributed by atoms with Gasteiger partial charge in [-0.15, -0.1) is 0 Å². The smallest absolute Gasteiger partial charge is 0.123 e. The van der Waals surface area contributed by atoms with Crippen LogP contribution in [0.3, 0.4) is 0 Å². The van der Waals surface area contributed by atoms with E-state index in [1.807, 2.05) is 13.1 Å². The molecule has 0 aliphatic carbocycles. The lowest BCUT2D eigenvalue weighted by Crippen LogP contribution is -2.02. The molecule has 0 saturated heterocycles. The monoisotopic (exact) mass is 206 g/mol. The van der Waals surface area contributed by atoms with Gasteiger partial charge in [-0.25, -0.2) is 4.39 Å². The van der Waals surface area contributed by atoms with Gasteiger partial charge in [0.25, 0.3) is 0 Å². The van der Waals surface area contributed by atoms with E-state index < -0.39 is 0 Å². The van der Waals surface area contributed by atoms with Crippen LogP contribution in [0.4, 0.5) is 4.39 Å². The summed E-state index contributed by atoms with van der Waals surface area (Å²) >= 11 is 0. The minimum Gasteiger partial charge on any atom is -0.347 e. The Morgan fingerprint density at radius 3 is 2.73 bits per heavy atom. The number of aryl methyl sites for hydroxylation is 1. The number of nitrogens with two attached hydrogens (primary N) is 1. The van der Waals surface area contributed by atoms with E-state index in [9.17, 15) is 4.39 Å². The van der Waals surface area contributed by atoms with Crippen molar-refractivity contribution in [1.29, 1.82) is 0 Å². The van der Waals surface area contributed by atoms with Crippen LogP contribution in [0.5, 0.6) is 0 Å². The molecular weight excluding hydrogens is 191 g/mol. The first kappa shape index (κ1) is 10.2. The summed E-state index contributed by atoms with van der Waals surface area (Å²) in [4.78, 5) is 0. The fourth-order valence-corrected chi connectivity index (χ4v) is 2.22. The van der Waals surface area contributed by atoms with Crippen molar-refractivity contribution >= 4 is 10.9 Å². The summed E-state index contributed by atoms with van der Waals surface area (Å²) in [5.41, 5.74) is 9.03. The molecule has 80 valence electrons. The van der Waals surface area contributed by atoms with Crippen LogP contribution in [0.1, 0.15) is 18.2 Å². The zero-order chi connectivity index (χ0) is 11.0. The summed E-state index contributed by atoms with van der Waals surface area (Å²) in [5.74, 6) is -0.203. The summed E-state index contributed by atoms with van der Waals surface area (Å²) in [6.07, 6.45) is 0.916. The Morgan fingerprint density at radius 1 is 1.40 bits per heavy atom. The number of nitrogens with zero attached hydrogens (tertiary/aromatic N) is 1. The number of halogens is 1. The second-order valence-electron chi connectivity index (χ2n) is 3.70. The molecule has 2 N–H and O–H groups in total. The van der Waals surface area contributed by atoms with Gasteiger partial charge in [0.05, 0.1) is 0 Å². The topological polar surface area (TPSA) is 30.9 Å². The first-order valence-corrected chi connectivity index (χ1v) is 5.14. The van der Waals surface area contributed by atoms with E-state index in [2.05, 4.69) is 11.5 Å². The van der Waals surface area contributed by atoms with Crippen LogP contribution in [-0.2, 0) is 20.0 Å². The standard InChI is InChI=1S/C12H15FN2/c1-3-11-10(7-14)9-6-8(13)4-5-12(9)15(11)2/h4-6H,3,7,14H2,1-2H3. The molecule has 3 heteroatoms. The first-order chi connectivity index (χ1) is 7.19. The molecule has 2 aromatic rings. The number of aromatic nitrogens is 1. The van der Waals surface area contributed by atoms with Gasteiger partial charge >= 0.3 is 0 Å². The fraction of sp³-hybridized carbons (Fsp3) is 0.333. The highest BCUT2D eigenvalue weighted by Gasteiger charge is 2.12. The molecule has 0 fully saturated rings. The molecule has 0 radical (unpaired) electrons. The van der Waals surface area contributed by atoms with E-state index in [-0.39, 0.29) is 5.82 Å². The molecule has 2 rings (SSSR count). The SMILES string of the molecule is CCc1c(CN)c2cc(F)ccc2n1C. The average Bonchev–Trinajstić information content (AvgIpc) is 2.50. The predicted octanol–water partition coefficient (Wildman–Crippen LogP) is 2.34. The minimum absolute atomic E-state index is 0.203. The zero-order valence-electron chi connectivity index (χ0n) is 9.05. The number of hydrogen-bond donors (Lipinski definition) is 1. The van der Waals surface area contributed by atoms with E-state index in [4.69, 9.17) is 5.73 Å². The zero-order valence-corrected chi connectivity index (χ0v) is 9.05. The van der Waals surface area contributed by atoms with Crippen molar-refractivity contribution in [3.05, 3.63) is 35.3 Å². The second kappa shape index (κ2) is 3.66. The van der Waals surface area contributed by atoms with Crippen molar-refractivity contribution in [1.82, 2.24) is 4.57 Å². The van der Waals surface area contributed by atoms with Crippen molar-refractivity contribution < 1.29 is 4.39 Å². The van der Waals surface area contributed by atoms with Gasteiger partial charge in [0.1, 0.15) is 5.82 Å². The Kier molecular flexibility index (Phi) is 2.49. The molecule has 0 aliphatic heterocycles. The Morgan fingerprint density at radius 2 is 2.13 bits per heavy atom. The second-order valence-corrected chi connectivity index (χ2v) is 3.70. The van der Waals surface area contributed by atoms with Crippen molar-refractivity contribution in [3.8, 4) is 0 Å². The third-order valence-corrected chi connectivity index (χ3v) is 2.94. The Hall–Kier alpha value is -1.35. The maximum atomic E-state index is 13.1. The van der Waals surface area contributed by atoms with Crippen LogP contribution < -0.4 is 5.73 Å². The number of fused-ring (bicyclic) bond motifs is 1. The molecule has 0 saturated carbocycles. The lowest BCUT2D eigenvalue weighted by Gasteiger charge is -2.02. The lowest BCUT2D eigenvalue weighted by atomic mass is 10.1. The third-order valence-electron chi connectivity index (χ3n) is 2.94. The van der Waals surface area contributed by atoms with Gasteiger partial charge < -0.3 is 10.3 Å². The van der Waals surface area contributed by atoms with Crippen molar-refractivity contribution in [2.45, 2.75) is 19.9 Å².